The summed E-state index contributed by atoms with van der Waals surface area (Å²) in [5, 5.41) is 3.13. The molecule has 1 aliphatic heterocycles. The molecule has 1 saturated heterocycles. The van der Waals surface area contributed by atoms with Crippen molar-refractivity contribution in [3.05, 3.63) is 44.6 Å². The van der Waals surface area contributed by atoms with Crippen molar-refractivity contribution in [2.75, 3.05) is 31.1 Å². The maximum absolute atomic E-state index is 13.2. The first-order valence-corrected chi connectivity index (χ1v) is 10.3. The SMILES string of the molecule is Cn1c(=O)c2c(nc(N3CCNCC3)n2-c2c(OC(=O)C(F)(F)F)cccc2C(N)=O)n(C)c1=O. The van der Waals surface area contributed by atoms with Crippen LogP contribution in [0.15, 0.2) is 27.8 Å². The van der Waals surface area contributed by atoms with Crippen molar-refractivity contribution in [3.8, 4) is 11.4 Å². The molecule has 186 valence electrons. The molecule has 0 unspecified atom stereocenters. The number of imidazole rings is 1. The van der Waals surface area contributed by atoms with Crippen molar-refractivity contribution in [2.24, 2.45) is 19.8 Å². The summed E-state index contributed by atoms with van der Waals surface area (Å²) in [6, 6.07) is 3.42. The third kappa shape index (κ3) is 4.03. The molecule has 0 radical (unpaired) electrons. The van der Waals surface area contributed by atoms with Crippen LogP contribution < -0.4 is 31.9 Å². The molecule has 3 N–H and O–H groups in total. The van der Waals surface area contributed by atoms with Gasteiger partial charge in [-0.05, 0) is 12.1 Å². The van der Waals surface area contributed by atoms with Crippen LogP contribution in [0.5, 0.6) is 5.75 Å². The summed E-state index contributed by atoms with van der Waals surface area (Å²) < 4.78 is 46.6. The molecular formula is C20H20F3N7O5. The number of rotatable bonds is 4. The summed E-state index contributed by atoms with van der Waals surface area (Å²) in [4.78, 5) is 55.9. The van der Waals surface area contributed by atoms with E-state index in [0.29, 0.717) is 26.2 Å². The first-order valence-electron chi connectivity index (χ1n) is 10.3. The number of benzene rings is 1. The minimum atomic E-state index is -5.33. The molecule has 4 rings (SSSR count). The number of amides is 1. The summed E-state index contributed by atoms with van der Waals surface area (Å²) in [5.74, 6) is -4.21. The number of nitrogens with zero attached hydrogens (tertiary/aromatic N) is 5. The van der Waals surface area contributed by atoms with E-state index in [4.69, 9.17) is 5.73 Å². The van der Waals surface area contributed by atoms with Gasteiger partial charge >= 0.3 is 17.8 Å². The summed E-state index contributed by atoms with van der Waals surface area (Å²) in [6.45, 7) is 1.81. The Morgan fingerprint density at radius 1 is 1.11 bits per heavy atom. The number of nitrogens with two attached hydrogens (primary N) is 1. The number of halogens is 3. The lowest BCUT2D eigenvalue weighted by atomic mass is 10.1. The first-order chi connectivity index (χ1) is 16.4. The molecule has 1 aromatic carbocycles. The van der Waals surface area contributed by atoms with Crippen molar-refractivity contribution in [2.45, 2.75) is 6.18 Å². The molecule has 3 heterocycles. The van der Waals surface area contributed by atoms with Gasteiger partial charge in [0, 0.05) is 40.3 Å². The zero-order chi connectivity index (χ0) is 25.7. The average molecular weight is 495 g/mol. The number of para-hydroxylation sites is 1. The summed E-state index contributed by atoms with van der Waals surface area (Å²) >= 11 is 0. The number of piperazine rings is 1. The number of hydrogen-bond acceptors (Lipinski definition) is 8. The van der Waals surface area contributed by atoms with Crippen LogP contribution in [0.25, 0.3) is 16.9 Å². The molecule has 12 nitrogen and oxygen atoms in total. The minimum absolute atomic E-state index is 0.0535. The molecule has 15 heteroatoms. The fourth-order valence-corrected chi connectivity index (χ4v) is 3.86. The van der Waals surface area contributed by atoms with Crippen LogP contribution in [0, 0.1) is 0 Å². The molecule has 0 atom stereocenters. The van der Waals surface area contributed by atoms with Crippen molar-refractivity contribution in [1.82, 2.24) is 24.0 Å². The lowest BCUT2D eigenvalue weighted by Crippen LogP contribution is -2.44. The molecule has 0 bridgehead atoms. The van der Waals surface area contributed by atoms with E-state index in [-0.39, 0.29) is 28.4 Å². The summed E-state index contributed by atoms with van der Waals surface area (Å²) in [7, 11) is 2.59. The van der Waals surface area contributed by atoms with E-state index >= 15 is 0 Å². The van der Waals surface area contributed by atoms with Crippen molar-refractivity contribution >= 4 is 29.0 Å². The number of anilines is 1. The maximum atomic E-state index is 13.2. The van der Waals surface area contributed by atoms with E-state index in [0.717, 1.165) is 19.8 Å². The number of primary amides is 1. The van der Waals surface area contributed by atoms with Gasteiger partial charge in [0.05, 0.1) is 5.56 Å². The quantitative estimate of drug-likeness (QED) is 0.360. The molecular weight excluding hydrogens is 475 g/mol. The highest BCUT2D eigenvalue weighted by Crippen LogP contribution is 2.35. The molecule has 1 amide bonds. The molecule has 0 spiro atoms. The minimum Gasteiger partial charge on any atom is -0.418 e. The Balaban J connectivity index is 2.15. The van der Waals surface area contributed by atoms with Gasteiger partial charge in [-0.1, -0.05) is 6.07 Å². The Bertz CT molecular complexity index is 1460. The van der Waals surface area contributed by atoms with Crippen molar-refractivity contribution < 1.29 is 27.5 Å². The zero-order valence-electron chi connectivity index (χ0n) is 18.5. The second-order valence-corrected chi connectivity index (χ2v) is 7.77. The standard InChI is InChI=1S/C20H20F3N7O5/c1-27-15-13(16(32)28(2)19(27)34)30(18(26-15)29-8-6-25-7-9-29)12-10(14(24)31)4-3-5-11(12)35-17(33)20(21,22)23/h3-5,25H,6-9H2,1-2H3,(H2,24,31). The van der Waals surface area contributed by atoms with Gasteiger partial charge in [-0.25, -0.2) is 9.59 Å². The molecule has 1 fully saturated rings. The monoisotopic (exact) mass is 495 g/mol. The third-order valence-corrected chi connectivity index (χ3v) is 5.56. The number of alkyl halides is 3. The molecule has 1 aliphatic rings. The Kier molecular flexibility index (Phi) is 5.88. The second-order valence-electron chi connectivity index (χ2n) is 7.77. The van der Waals surface area contributed by atoms with Gasteiger partial charge in [-0.15, -0.1) is 0 Å². The number of nitrogens with one attached hydrogen (secondary N) is 1. The predicted molar refractivity (Wildman–Crippen MR) is 117 cm³/mol. The van der Waals surface area contributed by atoms with E-state index in [2.05, 4.69) is 15.0 Å². The lowest BCUT2D eigenvalue weighted by Gasteiger charge is -2.29. The highest BCUT2D eigenvalue weighted by molar-refractivity contribution is 5.99. The van der Waals surface area contributed by atoms with E-state index in [9.17, 15) is 32.3 Å². The summed E-state index contributed by atoms with van der Waals surface area (Å²) in [5.41, 5.74) is 2.97. The number of aromatic nitrogens is 4. The lowest BCUT2D eigenvalue weighted by molar-refractivity contribution is -0.189. The normalized spacial score (nSPS) is 14.4. The number of esters is 1. The van der Waals surface area contributed by atoms with Gasteiger partial charge in [0.2, 0.25) is 5.95 Å². The number of aryl methyl sites for hydroxylation is 1. The van der Waals surface area contributed by atoms with Crippen molar-refractivity contribution in [3.63, 3.8) is 0 Å². The van der Waals surface area contributed by atoms with Crippen LogP contribution in [-0.4, -0.2) is 62.9 Å². The Morgan fingerprint density at radius 2 is 1.77 bits per heavy atom. The maximum Gasteiger partial charge on any atom is 0.491 e. The molecule has 35 heavy (non-hydrogen) atoms. The largest absolute Gasteiger partial charge is 0.491 e. The Hall–Kier alpha value is -4.14. The van der Waals surface area contributed by atoms with Gasteiger partial charge in [-0.2, -0.15) is 18.2 Å². The van der Waals surface area contributed by atoms with Gasteiger partial charge < -0.3 is 20.7 Å². The average Bonchev–Trinajstić information content (AvgIpc) is 3.21. The first kappa shape index (κ1) is 24.0. The van der Waals surface area contributed by atoms with Crippen LogP contribution >= 0.6 is 0 Å². The fourth-order valence-electron chi connectivity index (χ4n) is 3.86. The van der Waals surface area contributed by atoms with E-state index < -0.39 is 35.1 Å². The Labute approximate surface area is 194 Å². The fraction of sp³-hybridized carbons (Fsp3) is 0.350. The molecule has 0 aliphatic carbocycles. The highest BCUT2D eigenvalue weighted by Gasteiger charge is 2.42. The van der Waals surface area contributed by atoms with Gasteiger partial charge in [0.1, 0.15) is 5.69 Å². The molecule has 2 aromatic heterocycles. The highest BCUT2D eigenvalue weighted by atomic mass is 19.4. The van der Waals surface area contributed by atoms with Crippen LogP contribution in [0.3, 0.4) is 0 Å². The van der Waals surface area contributed by atoms with Gasteiger partial charge in [0.25, 0.3) is 11.5 Å². The summed E-state index contributed by atoms with van der Waals surface area (Å²) in [6.07, 6.45) is -5.33. The van der Waals surface area contributed by atoms with Gasteiger partial charge in [-0.3, -0.25) is 23.3 Å². The second kappa shape index (κ2) is 8.57. The van der Waals surface area contributed by atoms with Gasteiger partial charge in [0.15, 0.2) is 16.9 Å². The number of fused-ring (bicyclic) bond motifs is 1. The topological polar surface area (TPSA) is 146 Å². The number of ether oxygens (including phenoxy) is 1. The molecule has 0 saturated carbocycles. The zero-order valence-corrected chi connectivity index (χ0v) is 18.5. The van der Waals surface area contributed by atoms with Crippen LogP contribution in [0.4, 0.5) is 19.1 Å². The third-order valence-electron chi connectivity index (χ3n) is 5.56. The van der Waals surface area contributed by atoms with Crippen LogP contribution in [0.2, 0.25) is 0 Å². The molecule has 3 aromatic rings. The predicted octanol–water partition coefficient (Wildman–Crippen LogP) is -0.601. The van der Waals surface area contributed by atoms with Crippen LogP contribution in [0.1, 0.15) is 10.4 Å². The number of carbonyl (C=O) groups is 2. The van der Waals surface area contributed by atoms with E-state index in [1.54, 1.807) is 4.90 Å². The van der Waals surface area contributed by atoms with Crippen molar-refractivity contribution in [1.29, 1.82) is 0 Å². The van der Waals surface area contributed by atoms with E-state index in [1.165, 1.54) is 26.2 Å². The number of hydrogen-bond donors (Lipinski definition) is 2. The number of carbonyl (C=O) groups excluding carboxylic acids is 2. The smallest absolute Gasteiger partial charge is 0.418 e. The van der Waals surface area contributed by atoms with E-state index in [1.807, 2.05) is 0 Å². The Morgan fingerprint density at radius 3 is 2.37 bits per heavy atom. The van der Waals surface area contributed by atoms with Crippen LogP contribution in [-0.2, 0) is 18.9 Å².